The lowest BCUT2D eigenvalue weighted by Crippen LogP contribution is -2.58. The Hall–Kier alpha value is -2.67. The van der Waals surface area contributed by atoms with Crippen molar-refractivity contribution in [1.82, 2.24) is 15.0 Å². The number of likely N-dealkylation sites (N-methyl/N-ethyl adjacent to an activating group) is 1. The second kappa shape index (κ2) is 7.30. The summed E-state index contributed by atoms with van der Waals surface area (Å²) < 4.78 is 5.12. The molecule has 2 aromatic rings. The molecule has 2 saturated heterocycles. The van der Waals surface area contributed by atoms with E-state index in [1.54, 1.807) is 30.7 Å². The zero-order valence-corrected chi connectivity index (χ0v) is 17.1. The van der Waals surface area contributed by atoms with E-state index in [0.29, 0.717) is 49.4 Å². The molecule has 4 rings (SSSR count). The van der Waals surface area contributed by atoms with Crippen LogP contribution in [0.2, 0.25) is 0 Å². The van der Waals surface area contributed by atoms with Crippen molar-refractivity contribution in [2.75, 3.05) is 20.1 Å². The van der Waals surface area contributed by atoms with Gasteiger partial charge >= 0.3 is 0 Å². The number of aliphatic hydroxyl groups is 1. The molecule has 0 radical (unpaired) electrons. The minimum Gasteiger partial charge on any atom is -0.391 e. The summed E-state index contributed by atoms with van der Waals surface area (Å²) in [5.41, 5.74) is 1.42. The van der Waals surface area contributed by atoms with E-state index in [1.807, 2.05) is 30.3 Å². The van der Waals surface area contributed by atoms with Crippen molar-refractivity contribution in [1.29, 1.82) is 0 Å². The number of aromatic nitrogens is 1. The number of benzene rings is 1. The Bertz CT molecular complexity index is 896. The zero-order chi connectivity index (χ0) is 20.8. The first-order chi connectivity index (χ1) is 13.8. The highest BCUT2D eigenvalue weighted by atomic mass is 16.5. The largest absolute Gasteiger partial charge is 0.391 e. The van der Waals surface area contributed by atoms with Gasteiger partial charge in [0, 0.05) is 20.1 Å². The lowest BCUT2D eigenvalue weighted by atomic mass is 9.68. The van der Waals surface area contributed by atoms with Crippen molar-refractivity contribution in [2.24, 2.45) is 5.41 Å². The Kier molecular flexibility index (Phi) is 4.94. The van der Waals surface area contributed by atoms with Crippen LogP contribution in [0.4, 0.5) is 0 Å². The Morgan fingerprint density at radius 3 is 2.45 bits per heavy atom. The van der Waals surface area contributed by atoms with Crippen molar-refractivity contribution >= 4 is 11.8 Å². The number of hydrogen-bond acceptors (Lipinski definition) is 5. The van der Waals surface area contributed by atoms with E-state index in [1.165, 1.54) is 0 Å². The van der Waals surface area contributed by atoms with Gasteiger partial charge in [0.15, 0.2) is 0 Å². The van der Waals surface area contributed by atoms with Crippen LogP contribution >= 0.6 is 0 Å². The van der Waals surface area contributed by atoms with Gasteiger partial charge in [0.05, 0.1) is 23.3 Å². The van der Waals surface area contributed by atoms with Crippen LogP contribution in [-0.2, 0) is 4.79 Å². The average molecular weight is 397 g/mol. The van der Waals surface area contributed by atoms with Crippen molar-refractivity contribution in [3.8, 4) is 0 Å². The normalized spacial score (nSPS) is 24.2. The molecule has 2 aliphatic heterocycles. The van der Waals surface area contributed by atoms with E-state index in [9.17, 15) is 14.7 Å². The smallest absolute Gasteiger partial charge is 0.259 e. The summed E-state index contributed by atoms with van der Waals surface area (Å²) >= 11 is 0. The maximum absolute atomic E-state index is 13.3. The molecule has 154 valence electrons. The third kappa shape index (κ3) is 3.23. The summed E-state index contributed by atoms with van der Waals surface area (Å²) in [6.45, 7) is 4.45. The molecule has 29 heavy (non-hydrogen) atoms. The van der Waals surface area contributed by atoms with Crippen molar-refractivity contribution in [3.63, 3.8) is 0 Å². The molecular weight excluding hydrogens is 370 g/mol. The van der Waals surface area contributed by atoms with E-state index in [2.05, 4.69) is 5.16 Å². The SMILES string of the molecule is Cc1noc(C)c1C(=O)N1CCC2(CC1)C[C@@H](O)[C@H](c1ccccc1)N(C)C2=O. The van der Waals surface area contributed by atoms with Crippen molar-refractivity contribution in [3.05, 3.63) is 52.9 Å². The van der Waals surface area contributed by atoms with Crippen LogP contribution in [-0.4, -0.2) is 58.1 Å². The minimum absolute atomic E-state index is 0.0566. The van der Waals surface area contributed by atoms with Gasteiger partial charge in [-0.1, -0.05) is 35.5 Å². The predicted molar refractivity (Wildman–Crippen MR) is 106 cm³/mol. The summed E-state index contributed by atoms with van der Waals surface area (Å²) in [7, 11) is 1.77. The number of carbonyl (C=O) groups excluding carboxylic acids is 2. The molecule has 2 aliphatic rings. The summed E-state index contributed by atoms with van der Waals surface area (Å²) in [5, 5.41) is 14.8. The average Bonchev–Trinajstić information content (AvgIpc) is 3.05. The van der Waals surface area contributed by atoms with Gasteiger partial charge < -0.3 is 19.4 Å². The molecule has 2 atom stereocenters. The molecule has 1 aromatic carbocycles. The topological polar surface area (TPSA) is 86.9 Å². The third-order valence-corrected chi connectivity index (χ3v) is 6.55. The maximum atomic E-state index is 13.3. The molecule has 0 saturated carbocycles. The van der Waals surface area contributed by atoms with Crippen LogP contribution in [0, 0.1) is 19.3 Å². The number of nitrogens with zero attached hydrogens (tertiary/aromatic N) is 3. The third-order valence-electron chi connectivity index (χ3n) is 6.55. The van der Waals surface area contributed by atoms with E-state index in [-0.39, 0.29) is 17.9 Å². The van der Waals surface area contributed by atoms with E-state index < -0.39 is 11.5 Å². The van der Waals surface area contributed by atoms with Gasteiger partial charge in [0.1, 0.15) is 11.3 Å². The highest BCUT2D eigenvalue weighted by Gasteiger charge is 2.51. The van der Waals surface area contributed by atoms with Crippen LogP contribution in [0.1, 0.15) is 52.7 Å². The fourth-order valence-corrected chi connectivity index (χ4v) is 4.96. The predicted octanol–water partition coefficient (Wildman–Crippen LogP) is 2.48. The molecule has 7 nitrogen and oxygen atoms in total. The lowest BCUT2D eigenvalue weighted by molar-refractivity contribution is -0.161. The quantitative estimate of drug-likeness (QED) is 0.841. The summed E-state index contributed by atoms with van der Waals surface area (Å²) in [6, 6.07) is 9.32. The molecule has 3 heterocycles. The molecule has 7 heteroatoms. The second-order valence-corrected chi connectivity index (χ2v) is 8.31. The van der Waals surface area contributed by atoms with E-state index in [0.717, 1.165) is 5.56 Å². The Balaban J connectivity index is 1.50. The summed E-state index contributed by atoms with van der Waals surface area (Å²) in [6.07, 6.45) is 0.876. The van der Waals surface area contributed by atoms with Crippen LogP contribution in [0.5, 0.6) is 0 Å². The van der Waals surface area contributed by atoms with Gasteiger partial charge in [-0.3, -0.25) is 9.59 Å². The molecular formula is C22H27N3O4. The van der Waals surface area contributed by atoms with Crippen LogP contribution in [0.25, 0.3) is 0 Å². The molecule has 2 amide bonds. The molecule has 2 fully saturated rings. The number of likely N-dealkylation sites (tertiary alicyclic amines) is 2. The first kappa shape index (κ1) is 19.6. The van der Waals surface area contributed by atoms with Crippen LogP contribution < -0.4 is 0 Å². The number of rotatable bonds is 2. The molecule has 0 bridgehead atoms. The Morgan fingerprint density at radius 2 is 1.86 bits per heavy atom. The Labute approximate surface area is 170 Å². The maximum Gasteiger partial charge on any atom is 0.259 e. The molecule has 1 spiro atoms. The van der Waals surface area contributed by atoms with Gasteiger partial charge in [0.25, 0.3) is 5.91 Å². The lowest BCUT2D eigenvalue weighted by Gasteiger charge is -2.50. The van der Waals surface area contributed by atoms with E-state index >= 15 is 0 Å². The van der Waals surface area contributed by atoms with Gasteiger partial charge in [-0.2, -0.15) is 0 Å². The highest BCUT2D eigenvalue weighted by Crippen LogP contribution is 2.46. The van der Waals surface area contributed by atoms with Crippen LogP contribution in [0.3, 0.4) is 0 Å². The molecule has 0 unspecified atom stereocenters. The molecule has 0 aliphatic carbocycles. The van der Waals surface area contributed by atoms with E-state index in [4.69, 9.17) is 4.52 Å². The summed E-state index contributed by atoms with van der Waals surface area (Å²) in [4.78, 5) is 29.7. The van der Waals surface area contributed by atoms with Gasteiger partial charge in [-0.15, -0.1) is 0 Å². The van der Waals surface area contributed by atoms with Crippen LogP contribution in [0.15, 0.2) is 34.9 Å². The highest BCUT2D eigenvalue weighted by molar-refractivity contribution is 5.96. The van der Waals surface area contributed by atoms with Crippen molar-refractivity contribution in [2.45, 2.75) is 45.3 Å². The van der Waals surface area contributed by atoms with Gasteiger partial charge in [0.2, 0.25) is 5.91 Å². The van der Waals surface area contributed by atoms with Gasteiger partial charge in [-0.25, -0.2) is 0 Å². The number of aryl methyl sites for hydroxylation is 2. The standard InChI is InChI=1S/C22H27N3O4/c1-14-18(15(2)29-23-14)20(27)25-11-9-22(10-12-25)13-17(26)19(24(3)21(22)28)16-7-5-4-6-8-16/h4-8,17,19,26H,9-13H2,1-3H3/t17-,19+/m1/s1. The summed E-state index contributed by atoms with van der Waals surface area (Å²) in [5.74, 6) is 0.471. The fraction of sp³-hybridized carbons (Fsp3) is 0.500. The van der Waals surface area contributed by atoms with Gasteiger partial charge in [-0.05, 0) is 38.7 Å². The first-order valence-corrected chi connectivity index (χ1v) is 10.1. The first-order valence-electron chi connectivity index (χ1n) is 10.1. The minimum atomic E-state index is -0.634. The zero-order valence-electron chi connectivity index (χ0n) is 17.1. The molecule has 1 aromatic heterocycles. The number of piperidine rings is 2. The fourth-order valence-electron chi connectivity index (χ4n) is 4.96. The second-order valence-electron chi connectivity index (χ2n) is 8.31. The number of carbonyl (C=O) groups is 2. The molecule has 1 N–H and O–H groups in total. The monoisotopic (exact) mass is 397 g/mol. The Morgan fingerprint density at radius 1 is 1.21 bits per heavy atom. The van der Waals surface area contributed by atoms with Crippen molar-refractivity contribution < 1.29 is 19.2 Å². The number of hydrogen-bond donors (Lipinski definition) is 1. The number of amides is 2. The number of aliphatic hydroxyl groups excluding tert-OH is 1.